The summed E-state index contributed by atoms with van der Waals surface area (Å²) in [6.07, 6.45) is 4.22. The molecule has 3 rings (SSSR count). The second-order valence-corrected chi connectivity index (χ2v) is 8.34. The molecule has 6 heteroatoms. The molecule has 6 nitrogen and oxygen atoms in total. The number of nitrogens with one attached hydrogen (secondary N) is 2. The van der Waals surface area contributed by atoms with E-state index in [0.717, 1.165) is 30.9 Å². The molecule has 2 aromatic rings. The van der Waals surface area contributed by atoms with Crippen molar-refractivity contribution >= 4 is 22.5 Å². The number of urea groups is 1. The Morgan fingerprint density at radius 1 is 1.18 bits per heavy atom. The molecule has 152 valence electrons. The van der Waals surface area contributed by atoms with Gasteiger partial charge >= 0.3 is 6.03 Å². The van der Waals surface area contributed by atoms with Gasteiger partial charge in [0.1, 0.15) is 0 Å². The summed E-state index contributed by atoms with van der Waals surface area (Å²) < 4.78 is 1.69. The minimum absolute atomic E-state index is 0.0189. The van der Waals surface area contributed by atoms with E-state index in [1.807, 2.05) is 24.3 Å². The second-order valence-electron chi connectivity index (χ2n) is 8.34. The molecule has 0 bridgehead atoms. The van der Waals surface area contributed by atoms with Gasteiger partial charge in [0.15, 0.2) is 0 Å². The van der Waals surface area contributed by atoms with E-state index < -0.39 is 0 Å². The van der Waals surface area contributed by atoms with Gasteiger partial charge in [-0.2, -0.15) is 0 Å². The molecule has 1 aromatic carbocycles. The monoisotopic (exact) mass is 384 g/mol. The molecule has 0 unspecified atom stereocenters. The van der Waals surface area contributed by atoms with Gasteiger partial charge in [-0.1, -0.05) is 39.0 Å². The van der Waals surface area contributed by atoms with Crippen molar-refractivity contribution in [3.8, 4) is 0 Å². The summed E-state index contributed by atoms with van der Waals surface area (Å²) in [6.45, 7) is 10.8. The van der Waals surface area contributed by atoms with Crippen LogP contribution in [0.1, 0.15) is 33.6 Å². The number of carbonyl (C=O) groups is 1. The first kappa shape index (κ1) is 20.4. The van der Waals surface area contributed by atoms with Crippen LogP contribution in [-0.2, 0) is 6.54 Å². The van der Waals surface area contributed by atoms with Gasteiger partial charge in [0.2, 0.25) is 0 Å². The minimum atomic E-state index is -0.231. The van der Waals surface area contributed by atoms with Crippen molar-refractivity contribution < 1.29 is 4.79 Å². The smallest absolute Gasteiger partial charge is 0.319 e. The number of pyridine rings is 1. The number of anilines is 1. The molecule has 0 atom stereocenters. The molecule has 2 N–H and O–H groups in total. The van der Waals surface area contributed by atoms with Crippen LogP contribution < -0.4 is 16.2 Å². The van der Waals surface area contributed by atoms with Gasteiger partial charge < -0.3 is 20.1 Å². The summed E-state index contributed by atoms with van der Waals surface area (Å²) in [4.78, 5) is 27.5. The number of carbonyl (C=O) groups excluding carboxylic acids is 1. The third-order valence-electron chi connectivity index (χ3n) is 5.39. The van der Waals surface area contributed by atoms with E-state index in [4.69, 9.17) is 0 Å². The third-order valence-corrected chi connectivity index (χ3v) is 5.39. The van der Waals surface area contributed by atoms with Crippen LogP contribution in [0.25, 0.3) is 10.8 Å². The van der Waals surface area contributed by atoms with E-state index in [1.165, 1.54) is 12.8 Å². The lowest BCUT2D eigenvalue weighted by Crippen LogP contribution is -2.40. The van der Waals surface area contributed by atoms with Crippen LogP contribution in [0.3, 0.4) is 0 Å². The number of hydrogen-bond donors (Lipinski definition) is 2. The van der Waals surface area contributed by atoms with Crippen LogP contribution in [0.2, 0.25) is 0 Å². The van der Waals surface area contributed by atoms with Gasteiger partial charge in [0.25, 0.3) is 5.56 Å². The van der Waals surface area contributed by atoms with Crippen molar-refractivity contribution in [2.75, 3.05) is 31.5 Å². The van der Waals surface area contributed by atoms with E-state index in [-0.39, 0.29) is 11.6 Å². The highest BCUT2D eigenvalue weighted by atomic mass is 16.2. The van der Waals surface area contributed by atoms with Crippen molar-refractivity contribution in [2.24, 2.45) is 11.8 Å². The van der Waals surface area contributed by atoms with Crippen molar-refractivity contribution in [1.82, 2.24) is 14.8 Å². The van der Waals surface area contributed by atoms with Crippen LogP contribution in [0, 0.1) is 11.8 Å². The number of aromatic nitrogens is 1. The maximum atomic E-state index is 12.7. The Kier molecular flexibility index (Phi) is 6.73. The highest BCUT2D eigenvalue weighted by molar-refractivity contribution is 6.00. The average Bonchev–Trinajstić information content (AvgIpc) is 2.67. The molecule has 2 amide bonds. The van der Waals surface area contributed by atoms with Crippen LogP contribution >= 0.6 is 0 Å². The molecular formula is C22H32N4O2. The molecule has 0 saturated carbocycles. The first-order valence-electron chi connectivity index (χ1n) is 10.3. The van der Waals surface area contributed by atoms with Crippen molar-refractivity contribution in [3.05, 3.63) is 40.8 Å². The van der Waals surface area contributed by atoms with E-state index in [1.54, 1.807) is 10.8 Å². The number of amides is 2. The third kappa shape index (κ3) is 5.13. The minimum Gasteiger partial charge on any atom is -0.337 e. The number of piperidine rings is 1. The zero-order valence-electron chi connectivity index (χ0n) is 17.2. The maximum Gasteiger partial charge on any atom is 0.319 e. The van der Waals surface area contributed by atoms with Gasteiger partial charge in [0, 0.05) is 36.6 Å². The number of fused-ring (bicyclic) bond motifs is 1. The van der Waals surface area contributed by atoms with Crippen molar-refractivity contribution in [3.63, 3.8) is 0 Å². The molecule has 1 aliphatic heterocycles. The number of benzene rings is 1. The SMILES string of the molecule is CC(C)Cn1cc(NC(=O)NCCN2CCC(C)CC2)c2ccccc2c1=O. The number of rotatable bonds is 6. The number of nitrogens with zero attached hydrogens (tertiary/aromatic N) is 2. The van der Waals surface area contributed by atoms with E-state index in [2.05, 4.69) is 36.3 Å². The summed E-state index contributed by atoms with van der Waals surface area (Å²) in [5.41, 5.74) is 0.648. The topological polar surface area (TPSA) is 66.4 Å². The fourth-order valence-electron chi connectivity index (χ4n) is 3.75. The van der Waals surface area contributed by atoms with E-state index >= 15 is 0 Å². The van der Waals surface area contributed by atoms with Crippen molar-refractivity contribution in [2.45, 2.75) is 40.2 Å². The molecule has 0 spiro atoms. The van der Waals surface area contributed by atoms with Gasteiger partial charge in [-0.25, -0.2) is 4.79 Å². The van der Waals surface area contributed by atoms with Crippen molar-refractivity contribution in [1.29, 1.82) is 0 Å². The Hall–Kier alpha value is -2.34. The highest BCUT2D eigenvalue weighted by Gasteiger charge is 2.16. The average molecular weight is 385 g/mol. The molecule has 2 heterocycles. The molecule has 1 fully saturated rings. The summed E-state index contributed by atoms with van der Waals surface area (Å²) in [6, 6.07) is 7.20. The summed E-state index contributed by atoms with van der Waals surface area (Å²) >= 11 is 0. The molecule has 0 aliphatic carbocycles. The Bertz CT molecular complexity index is 866. The molecule has 1 aromatic heterocycles. The Balaban J connectivity index is 1.66. The van der Waals surface area contributed by atoms with E-state index in [9.17, 15) is 9.59 Å². The summed E-state index contributed by atoms with van der Waals surface area (Å²) in [7, 11) is 0. The Morgan fingerprint density at radius 2 is 1.86 bits per heavy atom. The van der Waals surface area contributed by atoms with Crippen LogP contribution in [0.4, 0.5) is 10.5 Å². The lowest BCUT2D eigenvalue weighted by molar-refractivity contribution is 0.192. The fourth-order valence-corrected chi connectivity index (χ4v) is 3.75. The van der Waals surface area contributed by atoms with Gasteiger partial charge in [-0.05, 0) is 43.8 Å². The predicted molar refractivity (Wildman–Crippen MR) is 115 cm³/mol. The zero-order valence-corrected chi connectivity index (χ0v) is 17.2. The molecular weight excluding hydrogens is 352 g/mol. The van der Waals surface area contributed by atoms with Gasteiger partial charge in [0.05, 0.1) is 5.69 Å². The molecule has 1 aliphatic rings. The largest absolute Gasteiger partial charge is 0.337 e. The molecule has 1 saturated heterocycles. The Morgan fingerprint density at radius 3 is 2.54 bits per heavy atom. The first-order chi connectivity index (χ1) is 13.4. The fraction of sp³-hybridized carbons (Fsp3) is 0.545. The summed E-state index contributed by atoms with van der Waals surface area (Å²) in [5.74, 6) is 1.15. The Labute approximate surface area is 166 Å². The normalized spacial score (nSPS) is 15.9. The highest BCUT2D eigenvalue weighted by Crippen LogP contribution is 2.21. The predicted octanol–water partition coefficient (Wildman–Crippen LogP) is 3.51. The lowest BCUT2D eigenvalue weighted by Gasteiger charge is -2.30. The lowest BCUT2D eigenvalue weighted by atomic mass is 9.99. The van der Waals surface area contributed by atoms with Crippen LogP contribution in [0.5, 0.6) is 0 Å². The first-order valence-corrected chi connectivity index (χ1v) is 10.3. The van der Waals surface area contributed by atoms with Gasteiger partial charge in [-0.15, -0.1) is 0 Å². The zero-order chi connectivity index (χ0) is 20.1. The number of likely N-dealkylation sites (tertiary alicyclic amines) is 1. The number of hydrogen-bond acceptors (Lipinski definition) is 3. The quantitative estimate of drug-likeness (QED) is 0.801. The second kappa shape index (κ2) is 9.24. The van der Waals surface area contributed by atoms with Gasteiger partial charge in [-0.3, -0.25) is 4.79 Å². The maximum absolute atomic E-state index is 12.7. The molecule has 28 heavy (non-hydrogen) atoms. The molecule has 0 radical (unpaired) electrons. The standard InChI is InChI=1S/C22H32N4O2/c1-16(2)14-26-15-20(18-6-4-5-7-19(18)21(26)27)24-22(28)23-10-13-25-11-8-17(3)9-12-25/h4-7,15-17H,8-14H2,1-3H3,(H2,23,24,28). The van der Waals surface area contributed by atoms with E-state index in [0.29, 0.717) is 30.1 Å². The summed E-state index contributed by atoms with van der Waals surface area (Å²) in [5, 5.41) is 7.29. The van der Waals surface area contributed by atoms with Crippen LogP contribution in [-0.4, -0.2) is 41.7 Å². The van der Waals surface area contributed by atoms with Crippen LogP contribution in [0.15, 0.2) is 35.3 Å².